The number of rotatable bonds is 17. The minimum Gasteiger partial charge on any atom is -0.482 e. The number of alkyl halides is 3. The minimum atomic E-state index is -5.01. The van der Waals surface area contributed by atoms with E-state index in [0.717, 1.165) is 36.1 Å². The van der Waals surface area contributed by atoms with Gasteiger partial charge < -0.3 is 9.84 Å². The van der Waals surface area contributed by atoms with Crippen LogP contribution in [0.2, 0.25) is 10.0 Å². The topological polar surface area (TPSA) is 66.8 Å². The second-order valence-corrected chi connectivity index (χ2v) is 11.9. The first-order chi connectivity index (χ1) is 20.8. The van der Waals surface area contributed by atoms with Crippen molar-refractivity contribution in [2.45, 2.75) is 76.1 Å². The van der Waals surface area contributed by atoms with Gasteiger partial charge in [0, 0.05) is 16.5 Å². The predicted octanol–water partition coefficient (Wildman–Crippen LogP) is 9.13. The van der Waals surface area contributed by atoms with Gasteiger partial charge in [0.25, 0.3) is 5.78 Å². The molecule has 1 N–H and O–H groups in total. The number of carboxylic acids is 1. The van der Waals surface area contributed by atoms with Crippen LogP contribution in [0.15, 0.2) is 72.8 Å². The van der Waals surface area contributed by atoms with E-state index in [0.29, 0.717) is 35.7 Å². The Bertz CT molecular complexity index is 1300. The molecule has 3 aromatic carbocycles. The lowest BCUT2D eigenvalue weighted by atomic mass is 9.83. The van der Waals surface area contributed by atoms with E-state index in [1.165, 1.54) is 0 Å². The molecule has 0 fully saturated rings. The van der Waals surface area contributed by atoms with E-state index >= 15 is 0 Å². The molecule has 44 heavy (non-hydrogen) atoms. The number of hydrogen-bond acceptors (Lipinski definition) is 4. The number of unbranched alkanes of at least 4 members (excludes halogenated alkanes) is 3. The van der Waals surface area contributed by atoms with Crippen molar-refractivity contribution in [1.29, 1.82) is 0 Å². The summed E-state index contributed by atoms with van der Waals surface area (Å²) in [5, 5.41) is 10.0. The summed E-state index contributed by atoms with van der Waals surface area (Å²) in [4.78, 5) is 24.9. The van der Waals surface area contributed by atoms with Crippen LogP contribution in [0.4, 0.5) is 13.2 Å². The first-order valence-corrected chi connectivity index (χ1v) is 15.4. The third-order valence-electron chi connectivity index (χ3n) is 7.92. The first kappa shape index (κ1) is 35.4. The summed E-state index contributed by atoms with van der Waals surface area (Å²) in [5.74, 6) is -2.64. The van der Waals surface area contributed by atoms with Gasteiger partial charge in [-0.05, 0) is 106 Å². The Kier molecular flexibility index (Phi) is 13.1. The fraction of sp³-hybridized carbons (Fsp3) is 0.412. The van der Waals surface area contributed by atoms with E-state index in [1.807, 2.05) is 48.5 Å². The molecule has 0 aromatic heterocycles. The van der Waals surface area contributed by atoms with Crippen LogP contribution < -0.4 is 4.74 Å². The zero-order valence-electron chi connectivity index (χ0n) is 24.9. The van der Waals surface area contributed by atoms with Gasteiger partial charge in [-0.3, -0.25) is 14.5 Å². The van der Waals surface area contributed by atoms with Crippen molar-refractivity contribution in [2.75, 3.05) is 13.6 Å². The number of halogens is 5. The normalized spacial score (nSPS) is 12.7. The lowest BCUT2D eigenvalue weighted by molar-refractivity contribution is -0.178. The molecule has 3 aromatic rings. The molecule has 0 aliphatic carbocycles. The van der Waals surface area contributed by atoms with Crippen molar-refractivity contribution < 1.29 is 32.6 Å². The third-order valence-corrected chi connectivity index (χ3v) is 8.42. The van der Waals surface area contributed by atoms with Crippen LogP contribution in [0, 0.1) is 0 Å². The number of nitrogens with zero attached hydrogens (tertiary/aromatic N) is 1. The van der Waals surface area contributed by atoms with E-state index < -0.39 is 29.6 Å². The molecule has 10 heteroatoms. The van der Waals surface area contributed by atoms with Crippen molar-refractivity contribution in [3.8, 4) is 5.75 Å². The Morgan fingerprint density at radius 2 is 1.34 bits per heavy atom. The molecule has 5 nitrogen and oxygen atoms in total. The van der Waals surface area contributed by atoms with Gasteiger partial charge in [-0.15, -0.1) is 0 Å². The van der Waals surface area contributed by atoms with Gasteiger partial charge in [-0.1, -0.05) is 72.4 Å². The average Bonchev–Trinajstić information content (AvgIpc) is 2.98. The monoisotopic (exact) mass is 651 g/mol. The number of carboxylic acid groups (broad SMARTS) is 1. The number of carbonyl (C=O) groups is 2. The predicted molar refractivity (Wildman–Crippen MR) is 168 cm³/mol. The Labute approximate surface area is 266 Å². The van der Waals surface area contributed by atoms with Crippen LogP contribution in [0.1, 0.15) is 68.6 Å². The largest absolute Gasteiger partial charge is 0.482 e. The number of ketones is 1. The number of carbonyl (C=O) groups excluding carboxylic acids is 1. The molecule has 0 amide bonds. The zero-order valence-corrected chi connectivity index (χ0v) is 26.4. The van der Waals surface area contributed by atoms with Crippen LogP contribution >= 0.6 is 23.2 Å². The zero-order chi connectivity index (χ0) is 32.3. The molecule has 238 valence electrons. The summed E-state index contributed by atoms with van der Waals surface area (Å²) < 4.78 is 45.2. The number of ether oxygens (including phenoxy) is 1. The highest BCUT2D eigenvalue weighted by Crippen LogP contribution is 2.36. The summed E-state index contributed by atoms with van der Waals surface area (Å²) >= 11 is 12.3. The van der Waals surface area contributed by atoms with Gasteiger partial charge in [-0.2, -0.15) is 13.2 Å². The van der Waals surface area contributed by atoms with Crippen LogP contribution in [0.5, 0.6) is 5.75 Å². The van der Waals surface area contributed by atoms with Gasteiger partial charge in [-0.25, -0.2) is 0 Å². The van der Waals surface area contributed by atoms with Crippen LogP contribution in [0.25, 0.3) is 0 Å². The highest BCUT2D eigenvalue weighted by Gasteiger charge is 2.44. The fourth-order valence-electron chi connectivity index (χ4n) is 5.18. The van der Waals surface area contributed by atoms with Crippen LogP contribution in [-0.4, -0.2) is 47.6 Å². The van der Waals surface area contributed by atoms with E-state index in [-0.39, 0.29) is 18.6 Å². The maximum atomic E-state index is 13.2. The molecular weight excluding hydrogens is 614 g/mol. The smallest absolute Gasteiger partial charge is 0.453 e. The SMILES string of the molecule is CN(CCCc1ccc(OC(CCCCCCC(=O)O)C(=O)C(F)(F)F)cc1)C(C)(c1ccc(Cl)cc1)c1ccc(Cl)cc1. The van der Waals surface area contributed by atoms with Gasteiger partial charge in [0.05, 0.1) is 5.54 Å². The van der Waals surface area contributed by atoms with Crippen molar-refractivity contribution in [3.63, 3.8) is 0 Å². The molecule has 0 saturated carbocycles. The Morgan fingerprint density at radius 1 is 0.818 bits per heavy atom. The summed E-state index contributed by atoms with van der Waals surface area (Å²) in [5.41, 5.74) is 2.69. The summed E-state index contributed by atoms with van der Waals surface area (Å²) in [6.45, 7) is 2.90. The number of aliphatic carboxylic acids is 1. The van der Waals surface area contributed by atoms with Gasteiger partial charge >= 0.3 is 12.1 Å². The third kappa shape index (κ3) is 10.2. The van der Waals surface area contributed by atoms with Crippen molar-refractivity contribution in [2.24, 2.45) is 0 Å². The number of Topliss-reactive ketones (excluding diaryl/α,β-unsaturated/α-hetero) is 1. The molecule has 0 spiro atoms. The number of hydrogen-bond donors (Lipinski definition) is 1. The molecule has 0 aliphatic heterocycles. The molecule has 0 saturated heterocycles. The van der Waals surface area contributed by atoms with E-state index in [1.54, 1.807) is 24.3 Å². The second-order valence-electron chi connectivity index (χ2n) is 11.1. The molecule has 1 atom stereocenters. The molecule has 3 rings (SSSR count). The highest BCUT2D eigenvalue weighted by atomic mass is 35.5. The van der Waals surface area contributed by atoms with Crippen LogP contribution in [-0.2, 0) is 21.5 Å². The molecule has 0 aliphatic rings. The minimum absolute atomic E-state index is 0.00800. The van der Waals surface area contributed by atoms with Gasteiger partial charge in [0.2, 0.25) is 0 Å². The molecule has 0 bridgehead atoms. The second kappa shape index (κ2) is 16.3. The maximum absolute atomic E-state index is 13.2. The van der Waals surface area contributed by atoms with Crippen molar-refractivity contribution in [1.82, 2.24) is 4.90 Å². The first-order valence-electron chi connectivity index (χ1n) is 14.6. The van der Waals surface area contributed by atoms with E-state index in [2.05, 4.69) is 18.9 Å². The summed E-state index contributed by atoms with van der Waals surface area (Å²) in [6.07, 6.45) is -3.38. The van der Waals surface area contributed by atoms with Gasteiger partial charge in [0.15, 0.2) is 6.10 Å². The lowest BCUT2D eigenvalue weighted by Gasteiger charge is -2.40. The van der Waals surface area contributed by atoms with Crippen molar-refractivity contribution >= 4 is 35.0 Å². The Balaban J connectivity index is 1.61. The standard InChI is InChI=1S/C34H38Cl2F3NO4/c1-33(25-13-17-27(35)18-14-25,26-15-19-28(36)20-16-26)40(2)23-7-8-24-11-21-29(22-12-24)44-30(32(43)34(37,38)39)9-5-3-4-6-10-31(41)42/h11-22,30H,3-10,23H2,1-2H3,(H,41,42). The molecule has 0 radical (unpaired) electrons. The van der Waals surface area contributed by atoms with E-state index in [9.17, 15) is 22.8 Å². The summed E-state index contributed by atoms with van der Waals surface area (Å²) in [6, 6.07) is 22.3. The quantitative estimate of drug-likeness (QED) is 0.147. The lowest BCUT2D eigenvalue weighted by Crippen LogP contribution is -2.42. The maximum Gasteiger partial charge on any atom is 0.453 e. The number of aryl methyl sites for hydroxylation is 1. The van der Waals surface area contributed by atoms with Gasteiger partial charge in [0.1, 0.15) is 5.75 Å². The number of benzene rings is 3. The molecule has 1 unspecified atom stereocenters. The Morgan fingerprint density at radius 3 is 1.84 bits per heavy atom. The van der Waals surface area contributed by atoms with Crippen molar-refractivity contribution in [3.05, 3.63) is 99.5 Å². The highest BCUT2D eigenvalue weighted by molar-refractivity contribution is 6.30. The molecule has 0 heterocycles. The van der Waals surface area contributed by atoms with E-state index in [4.69, 9.17) is 33.0 Å². The average molecular weight is 653 g/mol. The molecular formula is C34H38Cl2F3NO4. The van der Waals surface area contributed by atoms with Crippen LogP contribution in [0.3, 0.4) is 0 Å². The fourth-order valence-corrected chi connectivity index (χ4v) is 5.44. The Hall–Kier alpha value is -3.07. The summed E-state index contributed by atoms with van der Waals surface area (Å²) in [7, 11) is 2.06.